The second kappa shape index (κ2) is 10.8. The molecular formula is C14H24O4. The third-order valence-corrected chi connectivity index (χ3v) is 2.63. The number of hydrogen-bond acceptors (Lipinski definition) is 3. The predicted octanol–water partition coefficient (Wildman–Crippen LogP) is 3.31. The van der Waals surface area contributed by atoms with Gasteiger partial charge in [0.1, 0.15) is 0 Å². The smallest absolute Gasteiger partial charge is 0.333 e. The number of aliphatic carboxylic acids is 1. The number of rotatable bonds is 11. The summed E-state index contributed by atoms with van der Waals surface area (Å²) in [5.74, 6) is -1.66. The zero-order valence-electron chi connectivity index (χ0n) is 11.2. The minimum absolute atomic E-state index is 0.00504. The summed E-state index contributed by atoms with van der Waals surface area (Å²) in [6.07, 6.45) is 7.70. The summed E-state index contributed by atoms with van der Waals surface area (Å²) in [6, 6.07) is 0. The van der Waals surface area contributed by atoms with Crippen molar-refractivity contribution in [2.24, 2.45) is 0 Å². The molecule has 0 atom stereocenters. The molecule has 0 fully saturated rings. The molecule has 0 aromatic carbocycles. The van der Waals surface area contributed by atoms with E-state index in [9.17, 15) is 9.59 Å². The zero-order chi connectivity index (χ0) is 13.8. The molecule has 1 N–H and O–H groups in total. The minimum atomic E-state index is -1.06. The van der Waals surface area contributed by atoms with Crippen LogP contribution >= 0.6 is 0 Å². The van der Waals surface area contributed by atoms with E-state index in [4.69, 9.17) is 9.84 Å². The van der Waals surface area contributed by atoms with Crippen LogP contribution in [0, 0.1) is 0 Å². The monoisotopic (exact) mass is 256 g/mol. The van der Waals surface area contributed by atoms with Gasteiger partial charge in [0.25, 0.3) is 0 Å². The third-order valence-electron chi connectivity index (χ3n) is 2.63. The van der Waals surface area contributed by atoms with E-state index in [1.54, 1.807) is 0 Å². The van der Waals surface area contributed by atoms with Crippen LogP contribution in [0.5, 0.6) is 0 Å². The van der Waals surface area contributed by atoms with Gasteiger partial charge in [0.2, 0.25) is 0 Å². The van der Waals surface area contributed by atoms with Crippen LogP contribution in [0.1, 0.15) is 58.3 Å². The molecule has 0 aliphatic heterocycles. The highest BCUT2D eigenvalue weighted by molar-refractivity contribution is 5.92. The molecule has 4 nitrogen and oxygen atoms in total. The number of hydrogen-bond donors (Lipinski definition) is 1. The molecule has 0 saturated heterocycles. The van der Waals surface area contributed by atoms with Gasteiger partial charge in [0.15, 0.2) is 0 Å². The van der Waals surface area contributed by atoms with Crippen molar-refractivity contribution in [2.45, 2.75) is 58.3 Å². The normalized spacial score (nSPS) is 10.1. The first-order chi connectivity index (χ1) is 8.57. The van der Waals surface area contributed by atoms with Gasteiger partial charge in [-0.2, -0.15) is 0 Å². The molecule has 0 aliphatic carbocycles. The van der Waals surface area contributed by atoms with Gasteiger partial charge in [-0.15, -0.1) is 0 Å². The Morgan fingerprint density at radius 2 is 1.61 bits per heavy atom. The molecule has 0 radical (unpaired) electrons. The summed E-state index contributed by atoms with van der Waals surface area (Å²) < 4.78 is 4.93. The van der Waals surface area contributed by atoms with E-state index in [1.165, 1.54) is 25.7 Å². The van der Waals surface area contributed by atoms with Crippen LogP contribution in [0.3, 0.4) is 0 Å². The fourth-order valence-corrected chi connectivity index (χ4v) is 1.58. The number of carbonyl (C=O) groups is 2. The zero-order valence-corrected chi connectivity index (χ0v) is 11.2. The van der Waals surface area contributed by atoms with E-state index in [-0.39, 0.29) is 12.0 Å². The van der Waals surface area contributed by atoms with Gasteiger partial charge < -0.3 is 9.84 Å². The van der Waals surface area contributed by atoms with E-state index in [1.807, 2.05) is 0 Å². The molecule has 0 aromatic heterocycles. The van der Waals surface area contributed by atoms with Crippen LogP contribution in [0.25, 0.3) is 0 Å². The van der Waals surface area contributed by atoms with E-state index < -0.39 is 11.9 Å². The molecule has 0 unspecified atom stereocenters. The predicted molar refractivity (Wildman–Crippen MR) is 70.3 cm³/mol. The van der Waals surface area contributed by atoms with Crippen molar-refractivity contribution in [3.63, 3.8) is 0 Å². The molecule has 0 bridgehead atoms. The van der Waals surface area contributed by atoms with Crippen molar-refractivity contribution >= 4 is 11.9 Å². The van der Waals surface area contributed by atoms with Crippen molar-refractivity contribution in [2.75, 3.05) is 6.61 Å². The average molecular weight is 256 g/mol. The number of esters is 1. The molecule has 0 saturated carbocycles. The Morgan fingerprint density at radius 1 is 1.06 bits per heavy atom. The summed E-state index contributed by atoms with van der Waals surface area (Å²) >= 11 is 0. The lowest BCUT2D eigenvalue weighted by Crippen LogP contribution is -2.11. The average Bonchev–Trinajstić information content (AvgIpc) is 2.31. The Kier molecular flexibility index (Phi) is 10.0. The Labute approximate surface area is 109 Å². The molecule has 0 heterocycles. The Hall–Kier alpha value is -1.32. The summed E-state index contributed by atoms with van der Waals surface area (Å²) in [6.45, 7) is 5.92. The molecule has 4 heteroatoms. The van der Waals surface area contributed by atoms with Crippen molar-refractivity contribution in [3.8, 4) is 0 Å². The number of ether oxygens (including phenoxy) is 1. The van der Waals surface area contributed by atoms with E-state index >= 15 is 0 Å². The SMILES string of the molecule is C=C(CC(=O)O)C(=O)OCCCCCCCCC. The first-order valence-corrected chi connectivity index (χ1v) is 6.64. The Morgan fingerprint density at radius 3 is 2.17 bits per heavy atom. The van der Waals surface area contributed by atoms with Crippen LogP contribution in [0.4, 0.5) is 0 Å². The van der Waals surface area contributed by atoms with Crippen molar-refractivity contribution in [1.29, 1.82) is 0 Å². The largest absolute Gasteiger partial charge is 0.481 e. The summed E-state index contributed by atoms with van der Waals surface area (Å²) in [7, 11) is 0. The maximum Gasteiger partial charge on any atom is 0.333 e. The third kappa shape index (κ3) is 9.87. The molecule has 0 rings (SSSR count). The standard InChI is InChI=1S/C14H24O4/c1-3-4-5-6-7-8-9-10-18-14(17)12(2)11-13(15)16/h2-11H2,1H3,(H,15,16). The summed E-state index contributed by atoms with van der Waals surface area (Å²) in [5.41, 5.74) is 0.00504. The molecule has 0 aromatic rings. The summed E-state index contributed by atoms with van der Waals surface area (Å²) in [4.78, 5) is 21.6. The topological polar surface area (TPSA) is 63.6 Å². The first kappa shape index (κ1) is 16.7. The summed E-state index contributed by atoms with van der Waals surface area (Å²) in [5, 5.41) is 8.48. The molecule has 0 aliphatic rings. The van der Waals surface area contributed by atoms with Gasteiger partial charge in [-0.25, -0.2) is 4.79 Å². The fraction of sp³-hybridized carbons (Fsp3) is 0.714. The quantitative estimate of drug-likeness (QED) is 0.350. The van der Waals surface area contributed by atoms with Gasteiger partial charge in [-0.1, -0.05) is 52.0 Å². The fourth-order valence-electron chi connectivity index (χ4n) is 1.58. The van der Waals surface area contributed by atoms with Gasteiger partial charge in [0, 0.05) is 5.57 Å². The highest BCUT2D eigenvalue weighted by Gasteiger charge is 2.11. The highest BCUT2D eigenvalue weighted by Crippen LogP contribution is 2.07. The van der Waals surface area contributed by atoms with E-state index in [0.29, 0.717) is 6.61 Å². The van der Waals surface area contributed by atoms with Gasteiger partial charge in [-0.05, 0) is 6.42 Å². The highest BCUT2D eigenvalue weighted by atomic mass is 16.5. The van der Waals surface area contributed by atoms with E-state index in [0.717, 1.165) is 19.3 Å². The Balaban J connectivity index is 3.40. The second-order valence-electron chi connectivity index (χ2n) is 4.43. The number of carboxylic acids is 1. The van der Waals surface area contributed by atoms with Gasteiger partial charge in [0.05, 0.1) is 13.0 Å². The van der Waals surface area contributed by atoms with Crippen LogP contribution in [0.2, 0.25) is 0 Å². The van der Waals surface area contributed by atoms with Crippen molar-refractivity contribution in [3.05, 3.63) is 12.2 Å². The van der Waals surface area contributed by atoms with Crippen LogP contribution < -0.4 is 0 Å². The molecule has 104 valence electrons. The van der Waals surface area contributed by atoms with Crippen LogP contribution in [0.15, 0.2) is 12.2 Å². The number of carboxylic acid groups (broad SMARTS) is 1. The maximum absolute atomic E-state index is 11.3. The number of carbonyl (C=O) groups excluding carboxylic acids is 1. The van der Waals surface area contributed by atoms with Crippen molar-refractivity contribution < 1.29 is 19.4 Å². The molecule has 0 amide bonds. The molecule has 18 heavy (non-hydrogen) atoms. The maximum atomic E-state index is 11.3. The van der Waals surface area contributed by atoms with Crippen LogP contribution in [-0.2, 0) is 14.3 Å². The number of unbranched alkanes of at least 4 members (excludes halogenated alkanes) is 6. The second-order valence-corrected chi connectivity index (χ2v) is 4.43. The van der Waals surface area contributed by atoms with Gasteiger partial charge >= 0.3 is 11.9 Å². The van der Waals surface area contributed by atoms with Gasteiger partial charge in [-0.3, -0.25) is 4.79 Å². The Bertz CT molecular complexity index is 271. The lowest BCUT2D eigenvalue weighted by molar-refractivity contribution is -0.142. The van der Waals surface area contributed by atoms with E-state index in [2.05, 4.69) is 13.5 Å². The lowest BCUT2D eigenvalue weighted by atomic mass is 10.1. The van der Waals surface area contributed by atoms with Crippen LogP contribution in [-0.4, -0.2) is 23.7 Å². The molecule has 0 spiro atoms. The molecular weight excluding hydrogens is 232 g/mol. The first-order valence-electron chi connectivity index (χ1n) is 6.64. The van der Waals surface area contributed by atoms with Crippen molar-refractivity contribution in [1.82, 2.24) is 0 Å². The minimum Gasteiger partial charge on any atom is -0.481 e. The lowest BCUT2D eigenvalue weighted by Gasteiger charge is -2.05.